The van der Waals surface area contributed by atoms with Crippen molar-refractivity contribution < 1.29 is 4.79 Å². The Morgan fingerprint density at radius 1 is 1.73 bits per heavy atom. The maximum atomic E-state index is 10.2. The van der Waals surface area contributed by atoms with E-state index in [9.17, 15) is 4.79 Å². The molecular formula is C8H10N2O. The normalized spacial score (nSPS) is 12.1. The third-order valence-electron chi connectivity index (χ3n) is 1.26. The van der Waals surface area contributed by atoms with E-state index in [1.165, 1.54) is 0 Å². The highest BCUT2D eigenvalue weighted by atomic mass is 16.1. The third-order valence-corrected chi connectivity index (χ3v) is 1.26. The van der Waals surface area contributed by atoms with Crippen LogP contribution in [0.3, 0.4) is 0 Å². The number of anilines is 1. The molecule has 0 radical (unpaired) electrons. The Bertz CT molecular complexity index is 223. The molecule has 1 rings (SSSR count). The van der Waals surface area contributed by atoms with Crippen LogP contribution in [0.1, 0.15) is 6.92 Å². The average Bonchev–Trinajstić information content (AvgIpc) is 2.06. The van der Waals surface area contributed by atoms with E-state index < -0.39 is 0 Å². The maximum Gasteiger partial charge on any atom is 0.141 e. The Hall–Kier alpha value is -1.38. The minimum atomic E-state index is -0.154. The number of carbonyl (C=O) groups excluding carboxylic acids is 1. The molecule has 0 saturated carbocycles. The summed E-state index contributed by atoms with van der Waals surface area (Å²) in [7, 11) is 0. The first-order valence-electron chi connectivity index (χ1n) is 3.45. The van der Waals surface area contributed by atoms with Crippen LogP contribution in [0.25, 0.3) is 0 Å². The molecular weight excluding hydrogens is 140 g/mol. The van der Waals surface area contributed by atoms with E-state index in [-0.39, 0.29) is 6.04 Å². The zero-order chi connectivity index (χ0) is 8.10. The zero-order valence-corrected chi connectivity index (χ0v) is 6.32. The molecule has 0 saturated heterocycles. The molecule has 1 unspecified atom stereocenters. The Kier molecular flexibility index (Phi) is 2.60. The number of rotatable bonds is 3. The lowest BCUT2D eigenvalue weighted by atomic mass is 10.3. The van der Waals surface area contributed by atoms with Crippen molar-refractivity contribution in [2.45, 2.75) is 13.0 Å². The predicted octanol–water partition coefficient (Wildman–Crippen LogP) is 1.08. The monoisotopic (exact) mass is 150 g/mol. The topological polar surface area (TPSA) is 42.0 Å². The van der Waals surface area contributed by atoms with Gasteiger partial charge in [0, 0.05) is 12.4 Å². The minimum absolute atomic E-state index is 0.154. The Morgan fingerprint density at radius 2 is 2.55 bits per heavy atom. The highest BCUT2D eigenvalue weighted by Crippen LogP contribution is 2.03. The quantitative estimate of drug-likeness (QED) is 0.655. The first-order chi connectivity index (χ1) is 5.33. The standard InChI is InChI=1S/C8H10N2O/c1-7(6-11)10-8-3-2-4-9-5-8/h2-7,10H,1H3. The number of nitrogens with one attached hydrogen (secondary N) is 1. The molecule has 0 fully saturated rings. The predicted molar refractivity (Wildman–Crippen MR) is 43.4 cm³/mol. The summed E-state index contributed by atoms with van der Waals surface area (Å²) in [6, 6.07) is 3.53. The number of hydrogen-bond donors (Lipinski definition) is 1. The highest BCUT2D eigenvalue weighted by Gasteiger charge is 1.96. The van der Waals surface area contributed by atoms with Crippen molar-refractivity contribution >= 4 is 12.0 Å². The van der Waals surface area contributed by atoms with Gasteiger partial charge in [0.25, 0.3) is 0 Å². The summed E-state index contributed by atoms with van der Waals surface area (Å²) < 4.78 is 0. The summed E-state index contributed by atoms with van der Waals surface area (Å²) in [5.74, 6) is 0. The lowest BCUT2D eigenvalue weighted by Crippen LogP contribution is -2.15. The summed E-state index contributed by atoms with van der Waals surface area (Å²) in [6.45, 7) is 1.79. The first-order valence-corrected chi connectivity index (χ1v) is 3.45. The van der Waals surface area contributed by atoms with Crippen LogP contribution in [-0.4, -0.2) is 17.3 Å². The van der Waals surface area contributed by atoms with Crippen LogP contribution in [0.15, 0.2) is 24.5 Å². The number of aldehydes is 1. The molecule has 11 heavy (non-hydrogen) atoms. The Balaban J connectivity index is 2.57. The molecule has 1 N–H and O–H groups in total. The fraction of sp³-hybridized carbons (Fsp3) is 0.250. The molecule has 58 valence electrons. The summed E-state index contributed by atoms with van der Waals surface area (Å²) in [6.07, 6.45) is 4.23. The van der Waals surface area contributed by atoms with Gasteiger partial charge in [0.1, 0.15) is 6.29 Å². The van der Waals surface area contributed by atoms with Crippen molar-refractivity contribution in [2.24, 2.45) is 0 Å². The van der Waals surface area contributed by atoms with Crippen molar-refractivity contribution in [1.82, 2.24) is 4.98 Å². The van der Waals surface area contributed by atoms with Crippen LogP contribution in [0, 0.1) is 0 Å². The fourth-order valence-electron chi connectivity index (χ4n) is 0.745. The summed E-state index contributed by atoms with van der Waals surface area (Å²) in [4.78, 5) is 14.1. The van der Waals surface area contributed by atoms with Crippen LogP contribution in [-0.2, 0) is 4.79 Å². The number of nitrogens with zero attached hydrogens (tertiary/aromatic N) is 1. The largest absolute Gasteiger partial charge is 0.375 e. The lowest BCUT2D eigenvalue weighted by molar-refractivity contribution is -0.108. The molecule has 1 aromatic heterocycles. The van der Waals surface area contributed by atoms with Gasteiger partial charge in [0.15, 0.2) is 0 Å². The van der Waals surface area contributed by atoms with Crippen LogP contribution in [0.2, 0.25) is 0 Å². The van der Waals surface area contributed by atoms with Gasteiger partial charge in [-0.3, -0.25) is 4.98 Å². The molecule has 3 heteroatoms. The minimum Gasteiger partial charge on any atom is -0.375 e. The van der Waals surface area contributed by atoms with E-state index in [0.717, 1.165) is 12.0 Å². The third kappa shape index (κ3) is 2.37. The molecule has 3 nitrogen and oxygen atoms in total. The second-order valence-electron chi connectivity index (χ2n) is 2.31. The molecule has 0 aliphatic rings. The molecule has 0 aliphatic carbocycles. The Morgan fingerprint density at radius 3 is 3.09 bits per heavy atom. The smallest absolute Gasteiger partial charge is 0.141 e. The van der Waals surface area contributed by atoms with E-state index in [1.54, 1.807) is 19.3 Å². The highest BCUT2D eigenvalue weighted by molar-refractivity contribution is 5.63. The van der Waals surface area contributed by atoms with Gasteiger partial charge in [-0.1, -0.05) is 0 Å². The molecule has 0 aromatic carbocycles. The van der Waals surface area contributed by atoms with Crippen LogP contribution >= 0.6 is 0 Å². The van der Waals surface area contributed by atoms with E-state index in [0.29, 0.717) is 0 Å². The molecule has 0 amide bonds. The summed E-state index contributed by atoms with van der Waals surface area (Å²) >= 11 is 0. The zero-order valence-electron chi connectivity index (χ0n) is 6.32. The average molecular weight is 150 g/mol. The van der Waals surface area contributed by atoms with Gasteiger partial charge in [0.2, 0.25) is 0 Å². The van der Waals surface area contributed by atoms with E-state index >= 15 is 0 Å². The second-order valence-corrected chi connectivity index (χ2v) is 2.31. The maximum absolute atomic E-state index is 10.2. The second kappa shape index (κ2) is 3.71. The van der Waals surface area contributed by atoms with E-state index in [2.05, 4.69) is 10.3 Å². The van der Waals surface area contributed by atoms with Gasteiger partial charge in [-0.25, -0.2) is 0 Å². The molecule has 0 aliphatic heterocycles. The van der Waals surface area contributed by atoms with Gasteiger partial charge in [0.05, 0.1) is 11.7 Å². The molecule has 1 atom stereocenters. The first kappa shape index (κ1) is 7.72. The number of pyridine rings is 1. The van der Waals surface area contributed by atoms with Crippen molar-refractivity contribution in [2.75, 3.05) is 5.32 Å². The molecule has 1 heterocycles. The van der Waals surface area contributed by atoms with Gasteiger partial charge in [-0.15, -0.1) is 0 Å². The van der Waals surface area contributed by atoms with E-state index in [4.69, 9.17) is 0 Å². The fourth-order valence-corrected chi connectivity index (χ4v) is 0.745. The van der Waals surface area contributed by atoms with Gasteiger partial charge in [-0.05, 0) is 19.1 Å². The van der Waals surface area contributed by atoms with Gasteiger partial charge < -0.3 is 10.1 Å². The van der Waals surface area contributed by atoms with Crippen LogP contribution in [0.5, 0.6) is 0 Å². The summed E-state index contributed by atoms with van der Waals surface area (Å²) in [5.41, 5.74) is 0.868. The number of hydrogen-bond acceptors (Lipinski definition) is 3. The summed E-state index contributed by atoms with van der Waals surface area (Å²) in [5, 5.41) is 2.96. The van der Waals surface area contributed by atoms with Crippen molar-refractivity contribution in [3.8, 4) is 0 Å². The van der Waals surface area contributed by atoms with E-state index in [1.807, 2.05) is 12.1 Å². The SMILES string of the molecule is CC(C=O)Nc1cccnc1. The van der Waals surface area contributed by atoms with Crippen LogP contribution < -0.4 is 5.32 Å². The lowest BCUT2D eigenvalue weighted by Gasteiger charge is -2.06. The molecule has 1 aromatic rings. The number of aromatic nitrogens is 1. The van der Waals surface area contributed by atoms with Crippen LogP contribution in [0.4, 0.5) is 5.69 Å². The van der Waals surface area contributed by atoms with Gasteiger partial charge >= 0.3 is 0 Å². The Labute approximate surface area is 65.5 Å². The molecule has 0 spiro atoms. The van der Waals surface area contributed by atoms with Crippen molar-refractivity contribution in [3.63, 3.8) is 0 Å². The van der Waals surface area contributed by atoms with Gasteiger partial charge in [-0.2, -0.15) is 0 Å². The molecule has 0 bridgehead atoms. The van der Waals surface area contributed by atoms with Crippen molar-refractivity contribution in [3.05, 3.63) is 24.5 Å². The van der Waals surface area contributed by atoms with Crippen molar-refractivity contribution in [1.29, 1.82) is 0 Å². The number of carbonyl (C=O) groups is 1.